The van der Waals surface area contributed by atoms with Crippen molar-refractivity contribution in [3.8, 4) is 28.6 Å². The fourth-order valence-corrected chi connectivity index (χ4v) is 3.22. The third-order valence-electron chi connectivity index (χ3n) is 4.71. The predicted octanol–water partition coefficient (Wildman–Crippen LogP) is 4.77. The molecule has 0 aliphatic carbocycles. The molecule has 1 N–H and O–H groups in total. The zero-order chi connectivity index (χ0) is 21.6. The molecule has 0 bridgehead atoms. The summed E-state index contributed by atoms with van der Waals surface area (Å²) in [6.07, 6.45) is 1.67. The summed E-state index contributed by atoms with van der Waals surface area (Å²) in [5.41, 5.74) is 5.61. The van der Waals surface area contributed by atoms with E-state index in [1.165, 1.54) is 0 Å². The van der Waals surface area contributed by atoms with E-state index in [1.54, 1.807) is 27.5 Å². The molecule has 1 heterocycles. The van der Waals surface area contributed by atoms with Crippen LogP contribution in [0.2, 0.25) is 0 Å². The van der Waals surface area contributed by atoms with Gasteiger partial charge in [-0.05, 0) is 24.3 Å². The van der Waals surface area contributed by atoms with Crippen molar-refractivity contribution in [2.45, 2.75) is 0 Å². The number of benzene rings is 3. The number of rotatable bonds is 7. The molecule has 7 nitrogen and oxygen atoms in total. The molecule has 0 radical (unpaired) electrons. The largest absolute Gasteiger partial charge is 0.493 e. The van der Waals surface area contributed by atoms with Gasteiger partial charge in [-0.2, -0.15) is 5.10 Å². The Balaban J connectivity index is 1.68. The monoisotopic (exact) mass is 414 g/mol. The number of hydrogen-bond donors (Lipinski definition) is 1. The third kappa shape index (κ3) is 4.25. The number of ether oxygens (including phenoxy) is 3. The summed E-state index contributed by atoms with van der Waals surface area (Å²) in [5.74, 6) is 2.90. The van der Waals surface area contributed by atoms with Crippen LogP contribution in [-0.2, 0) is 0 Å². The van der Waals surface area contributed by atoms with E-state index in [4.69, 9.17) is 19.2 Å². The van der Waals surface area contributed by atoms with E-state index in [2.05, 4.69) is 15.5 Å². The molecule has 156 valence electrons. The minimum Gasteiger partial charge on any atom is -0.493 e. The molecule has 0 spiro atoms. The molecule has 0 saturated carbocycles. The van der Waals surface area contributed by atoms with Crippen LogP contribution in [0, 0.1) is 0 Å². The molecule has 0 atom stereocenters. The van der Waals surface area contributed by atoms with Gasteiger partial charge in [-0.25, -0.2) is 9.97 Å². The molecule has 0 amide bonds. The average Bonchev–Trinajstić information content (AvgIpc) is 2.83. The molecule has 4 aromatic rings. The Labute approximate surface area is 180 Å². The topological polar surface area (TPSA) is 77.9 Å². The van der Waals surface area contributed by atoms with Crippen molar-refractivity contribution in [1.29, 1.82) is 0 Å². The summed E-state index contributed by atoms with van der Waals surface area (Å²) in [7, 11) is 4.73. The highest BCUT2D eigenvalue weighted by Gasteiger charge is 2.12. The minimum absolute atomic E-state index is 0.532. The van der Waals surface area contributed by atoms with Crippen molar-refractivity contribution in [2.24, 2.45) is 5.10 Å². The number of para-hydroxylation sites is 1. The van der Waals surface area contributed by atoms with Gasteiger partial charge in [0, 0.05) is 16.5 Å². The van der Waals surface area contributed by atoms with Crippen LogP contribution in [0.3, 0.4) is 0 Å². The number of nitrogens with zero attached hydrogens (tertiary/aromatic N) is 3. The van der Waals surface area contributed by atoms with Crippen molar-refractivity contribution in [3.05, 3.63) is 72.3 Å². The molecular formula is C24H22N4O3. The summed E-state index contributed by atoms with van der Waals surface area (Å²) in [6, 6.07) is 21.3. The van der Waals surface area contributed by atoms with Crippen LogP contribution in [0.15, 0.2) is 71.8 Å². The van der Waals surface area contributed by atoms with Crippen LogP contribution in [0.5, 0.6) is 17.2 Å². The van der Waals surface area contributed by atoms with Gasteiger partial charge in [-0.3, -0.25) is 5.43 Å². The first-order chi connectivity index (χ1) is 15.2. The van der Waals surface area contributed by atoms with Gasteiger partial charge in [-0.15, -0.1) is 0 Å². The first-order valence-electron chi connectivity index (χ1n) is 9.64. The second-order valence-electron chi connectivity index (χ2n) is 6.61. The zero-order valence-corrected chi connectivity index (χ0v) is 17.5. The van der Waals surface area contributed by atoms with Crippen molar-refractivity contribution < 1.29 is 14.2 Å². The summed E-state index contributed by atoms with van der Waals surface area (Å²) in [6.45, 7) is 0. The minimum atomic E-state index is 0.532. The number of nitrogens with one attached hydrogen (secondary N) is 1. The Bertz CT molecular complexity index is 1200. The number of aromatic nitrogens is 2. The maximum Gasteiger partial charge on any atom is 0.203 e. The lowest BCUT2D eigenvalue weighted by atomic mass is 10.2. The highest BCUT2D eigenvalue weighted by molar-refractivity contribution is 5.91. The van der Waals surface area contributed by atoms with Gasteiger partial charge in [0.25, 0.3) is 0 Å². The fraction of sp³-hybridized carbons (Fsp3) is 0.125. The van der Waals surface area contributed by atoms with Crippen molar-refractivity contribution in [1.82, 2.24) is 9.97 Å². The molecular weight excluding hydrogens is 392 g/mol. The molecule has 0 aliphatic rings. The lowest BCUT2D eigenvalue weighted by Gasteiger charge is -2.12. The van der Waals surface area contributed by atoms with Crippen molar-refractivity contribution >= 4 is 22.9 Å². The van der Waals surface area contributed by atoms with Crippen LogP contribution in [0.4, 0.5) is 5.82 Å². The Kier molecular flexibility index (Phi) is 5.93. The summed E-state index contributed by atoms with van der Waals surface area (Å²) in [4.78, 5) is 9.38. The maximum atomic E-state index is 5.40. The second-order valence-corrected chi connectivity index (χ2v) is 6.61. The van der Waals surface area contributed by atoms with E-state index in [0.29, 0.717) is 28.9 Å². The van der Waals surface area contributed by atoms with Gasteiger partial charge >= 0.3 is 0 Å². The lowest BCUT2D eigenvalue weighted by molar-refractivity contribution is 0.324. The maximum absolute atomic E-state index is 5.40. The molecule has 0 unspecified atom stereocenters. The normalized spacial score (nSPS) is 10.9. The van der Waals surface area contributed by atoms with Crippen LogP contribution in [0.25, 0.3) is 22.3 Å². The van der Waals surface area contributed by atoms with Gasteiger partial charge in [0.15, 0.2) is 23.1 Å². The average molecular weight is 414 g/mol. The van der Waals surface area contributed by atoms with E-state index in [9.17, 15) is 0 Å². The van der Waals surface area contributed by atoms with Crippen LogP contribution >= 0.6 is 0 Å². The van der Waals surface area contributed by atoms with Crippen LogP contribution in [0.1, 0.15) is 5.56 Å². The highest BCUT2D eigenvalue weighted by Crippen LogP contribution is 2.37. The SMILES string of the molecule is COc1cc(C=NNc2nc(-c3ccccc3)nc3ccccc23)cc(OC)c1OC. The van der Waals surface area contributed by atoms with Gasteiger partial charge < -0.3 is 14.2 Å². The molecule has 31 heavy (non-hydrogen) atoms. The number of anilines is 1. The molecule has 4 rings (SSSR count). The quantitative estimate of drug-likeness (QED) is 0.347. The van der Waals surface area contributed by atoms with E-state index >= 15 is 0 Å². The first-order valence-corrected chi connectivity index (χ1v) is 9.64. The van der Waals surface area contributed by atoms with E-state index in [1.807, 2.05) is 66.7 Å². The van der Waals surface area contributed by atoms with Crippen LogP contribution < -0.4 is 19.6 Å². The number of hydrazone groups is 1. The lowest BCUT2D eigenvalue weighted by Crippen LogP contribution is -2.00. The van der Waals surface area contributed by atoms with Gasteiger partial charge in [0.2, 0.25) is 5.75 Å². The summed E-state index contributed by atoms with van der Waals surface area (Å²) >= 11 is 0. The Morgan fingerprint density at radius 3 is 2.16 bits per heavy atom. The van der Waals surface area contributed by atoms with Crippen molar-refractivity contribution in [2.75, 3.05) is 26.8 Å². The molecule has 7 heteroatoms. The summed E-state index contributed by atoms with van der Waals surface area (Å²) < 4.78 is 16.2. The molecule has 0 fully saturated rings. The van der Waals surface area contributed by atoms with Crippen molar-refractivity contribution in [3.63, 3.8) is 0 Å². The standard InChI is InChI=1S/C24H22N4O3/c1-29-20-13-16(14-21(30-2)22(20)31-3)15-25-28-24-18-11-7-8-12-19(18)26-23(27-24)17-9-5-4-6-10-17/h4-15H,1-3H3,(H,26,27,28). The number of fused-ring (bicyclic) bond motifs is 1. The first kappa shape index (κ1) is 20.2. The third-order valence-corrected chi connectivity index (χ3v) is 4.71. The molecule has 0 saturated heterocycles. The summed E-state index contributed by atoms with van der Waals surface area (Å²) in [5, 5.41) is 5.26. The van der Waals surface area contributed by atoms with E-state index in [-0.39, 0.29) is 0 Å². The Hall–Kier alpha value is -4.13. The second kappa shape index (κ2) is 9.13. The highest BCUT2D eigenvalue weighted by atomic mass is 16.5. The predicted molar refractivity (Wildman–Crippen MR) is 122 cm³/mol. The molecule has 0 aliphatic heterocycles. The van der Waals surface area contributed by atoms with Gasteiger partial charge in [0.1, 0.15) is 0 Å². The zero-order valence-electron chi connectivity index (χ0n) is 17.5. The van der Waals surface area contributed by atoms with Crippen LogP contribution in [-0.4, -0.2) is 37.5 Å². The fourth-order valence-electron chi connectivity index (χ4n) is 3.22. The molecule has 3 aromatic carbocycles. The number of hydrogen-bond acceptors (Lipinski definition) is 7. The van der Waals surface area contributed by atoms with Gasteiger partial charge in [-0.1, -0.05) is 42.5 Å². The number of methoxy groups -OCH3 is 3. The molecule has 1 aromatic heterocycles. The van der Waals surface area contributed by atoms with E-state index < -0.39 is 0 Å². The van der Waals surface area contributed by atoms with Gasteiger partial charge in [0.05, 0.1) is 33.1 Å². The van der Waals surface area contributed by atoms with E-state index in [0.717, 1.165) is 22.0 Å². The Morgan fingerprint density at radius 2 is 1.48 bits per heavy atom. The Morgan fingerprint density at radius 1 is 0.806 bits per heavy atom. The smallest absolute Gasteiger partial charge is 0.203 e.